The number of nitrogens with one attached hydrogen (secondary N) is 2. The molecule has 1 fully saturated rings. The Bertz CT molecular complexity index is 1090. The van der Waals surface area contributed by atoms with Gasteiger partial charge in [-0.15, -0.1) is 0 Å². The molecule has 0 bridgehead atoms. The van der Waals surface area contributed by atoms with Crippen LogP contribution in [0.1, 0.15) is 53.2 Å². The Balaban J connectivity index is 1.44. The second-order valence-corrected chi connectivity index (χ2v) is 8.46. The third-order valence-corrected chi connectivity index (χ3v) is 6.14. The molecule has 2 aromatic carbocycles. The molecule has 2 N–H and O–H groups in total. The van der Waals surface area contributed by atoms with E-state index in [0.29, 0.717) is 43.4 Å². The maximum atomic E-state index is 14.6. The number of ether oxygens (including phenoxy) is 1. The number of ketones is 1. The second kappa shape index (κ2) is 9.24. The van der Waals surface area contributed by atoms with Gasteiger partial charge in [-0.1, -0.05) is 11.6 Å². The van der Waals surface area contributed by atoms with Crippen molar-refractivity contribution in [3.05, 3.63) is 63.7 Å². The molecule has 0 saturated heterocycles. The molecule has 2 aliphatic rings. The van der Waals surface area contributed by atoms with Crippen molar-refractivity contribution in [1.82, 2.24) is 5.32 Å². The number of alkyl carbamates (subject to hydrolysis) is 1. The molecule has 2 aromatic rings. The Kier molecular flexibility index (Phi) is 6.41. The number of carbonyl (C=O) groups is 3. The van der Waals surface area contributed by atoms with Gasteiger partial charge in [0.25, 0.3) is 5.91 Å². The first kappa shape index (κ1) is 22.2. The normalized spacial score (nSPS) is 19.5. The minimum atomic E-state index is -0.683. The molecule has 2 amide bonds. The van der Waals surface area contributed by atoms with Crippen molar-refractivity contribution in [3.63, 3.8) is 0 Å². The van der Waals surface area contributed by atoms with E-state index in [0.717, 1.165) is 6.07 Å². The van der Waals surface area contributed by atoms with E-state index in [1.807, 2.05) is 0 Å². The van der Waals surface area contributed by atoms with Crippen LogP contribution >= 0.6 is 11.6 Å². The first-order chi connectivity index (χ1) is 15.3. The molecule has 0 radical (unpaired) electrons. The van der Waals surface area contributed by atoms with Crippen molar-refractivity contribution in [2.24, 2.45) is 5.92 Å². The lowest BCUT2D eigenvalue weighted by Crippen LogP contribution is -2.29. The molecule has 0 heterocycles. The minimum absolute atomic E-state index is 0.0242. The summed E-state index contributed by atoms with van der Waals surface area (Å²) in [5, 5.41) is 5.17. The molecule has 168 valence electrons. The quantitative estimate of drug-likeness (QED) is 0.658. The van der Waals surface area contributed by atoms with Gasteiger partial charge in [0.15, 0.2) is 0 Å². The average molecular weight is 463 g/mol. The molecule has 1 saturated carbocycles. The summed E-state index contributed by atoms with van der Waals surface area (Å²) in [6, 6.07) is 5.74. The summed E-state index contributed by atoms with van der Waals surface area (Å²) in [6.45, 7) is 0.141. The summed E-state index contributed by atoms with van der Waals surface area (Å²) in [6.07, 6.45) is 1.73. The van der Waals surface area contributed by atoms with Gasteiger partial charge in [-0.2, -0.15) is 0 Å². The van der Waals surface area contributed by atoms with Crippen LogP contribution in [0.2, 0.25) is 5.02 Å². The molecule has 0 aromatic heterocycles. The molecule has 2 atom stereocenters. The monoisotopic (exact) mass is 462 g/mol. The largest absolute Gasteiger partial charge is 0.449 e. The maximum absolute atomic E-state index is 14.6. The molecule has 6 nitrogen and oxygen atoms in total. The summed E-state index contributed by atoms with van der Waals surface area (Å²) in [5.41, 5.74) is 1.33. The van der Waals surface area contributed by atoms with E-state index >= 15 is 0 Å². The van der Waals surface area contributed by atoms with Gasteiger partial charge in [0, 0.05) is 35.6 Å². The molecule has 0 spiro atoms. The Hall–Kier alpha value is -3.00. The number of Topliss-reactive ketones (excluding diaryl/α,β-unsaturated/α-hetero) is 1. The van der Waals surface area contributed by atoms with E-state index < -0.39 is 29.7 Å². The van der Waals surface area contributed by atoms with Crippen LogP contribution in [0.15, 0.2) is 30.3 Å². The third-order valence-electron chi connectivity index (χ3n) is 5.85. The van der Waals surface area contributed by atoms with Gasteiger partial charge in [0.1, 0.15) is 17.4 Å². The number of hydrogen-bond donors (Lipinski definition) is 2. The van der Waals surface area contributed by atoms with Crippen molar-refractivity contribution in [2.75, 3.05) is 11.9 Å². The van der Waals surface area contributed by atoms with Crippen molar-refractivity contribution >= 4 is 35.1 Å². The Morgan fingerprint density at radius 3 is 2.59 bits per heavy atom. The van der Waals surface area contributed by atoms with Crippen LogP contribution in [0, 0.1) is 17.6 Å². The number of carbonyl (C=O) groups excluding carboxylic acids is 3. The lowest BCUT2D eigenvalue weighted by Gasteiger charge is -2.17. The Labute approximate surface area is 188 Å². The van der Waals surface area contributed by atoms with E-state index in [9.17, 15) is 23.2 Å². The van der Waals surface area contributed by atoms with E-state index in [4.69, 9.17) is 16.3 Å². The fourth-order valence-electron chi connectivity index (χ4n) is 4.26. The summed E-state index contributed by atoms with van der Waals surface area (Å²) >= 11 is 5.76. The number of halogens is 3. The Morgan fingerprint density at radius 1 is 1.09 bits per heavy atom. The van der Waals surface area contributed by atoms with Gasteiger partial charge >= 0.3 is 6.09 Å². The maximum Gasteiger partial charge on any atom is 0.407 e. The van der Waals surface area contributed by atoms with Crippen LogP contribution in [-0.4, -0.2) is 24.4 Å². The van der Waals surface area contributed by atoms with Crippen molar-refractivity contribution in [1.29, 1.82) is 0 Å². The number of benzene rings is 2. The molecule has 2 aliphatic carbocycles. The smallest absolute Gasteiger partial charge is 0.407 e. The van der Waals surface area contributed by atoms with E-state index in [1.165, 1.54) is 24.3 Å². The number of hydrogen-bond acceptors (Lipinski definition) is 4. The fourth-order valence-corrected chi connectivity index (χ4v) is 4.44. The SMILES string of the molecule is O=C1CC[C@@H](COC(=O)N[C@H]2CCc3c(C(=O)Nc4ccc(F)c(Cl)c4)ccc(F)c32)C1. The predicted octanol–water partition coefficient (Wildman–Crippen LogP) is 4.95. The summed E-state index contributed by atoms with van der Waals surface area (Å²) in [4.78, 5) is 36.3. The number of fused-ring (bicyclic) bond motifs is 1. The topological polar surface area (TPSA) is 84.5 Å². The van der Waals surface area contributed by atoms with Gasteiger partial charge in [-0.25, -0.2) is 13.6 Å². The fraction of sp³-hybridized carbons (Fsp3) is 0.348. The van der Waals surface area contributed by atoms with Gasteiger partial charge < -0.3 is 15.4 Å². The predicted molar refractivity (Wildman–Crippen MR) is 114 cm³/mol. The first-order valence-electron chi connectivity index (χ1n) is 10.3. The van der Waals surface area contributed by atoms with Crippen LogP contribution in [0.4, 0.5) is 19.3 Å². The summed E-state index contributed by atoms with van der Waals surface area (Å²) in [5.74, 6) is -1.42. The zero-order valence-corrected chi connectivity index (χ0v) is 17.8. The molecule has 32 heavy (non-hydrogen) atoms. The van der Waals surface area contributed by atoms with Crippen LogP contribution < -0.4 is 10.6 Å². The first-order valence-corrected chi connectivity index (χ1v) is 10.7. The molecule has 9 heteroatoms. The molecular formula is C23H21ClF2N2O4. The third kappa shape index (κ3) is 4.75. The highest BCUT2D eigenvalue weighted by molar-refractivity contribution is 6.31. The van der Waals surface area contributed by atoms with Crippen LogP contribution in [0.3, 0.4) is 0 Å². The van der Waals surface area contributed by atoms with Crippen LogP contribution in [0.25, 0.3) is 0 Å². The second-order valence-electron chi connectivity index (χ2n) is 8.05. The van der Waals surface area contributed by atoms with Crippen LogP contribution in [0.5, 0.6) is 0 Å². The molecule has 4 rings (SSSR count). The van der Waals surface area contributed by atoms with E-state index in [1.54, 1.807) is 0 Å². The van der Waals surface area contributed by atoms with Crippen LogP contribution in [-0.2, 0) is 16.0 Å². The summed E-state index contributed by atoms with van der Waals surface area (Å²) in [7, 11) is 0. The zero-order chi connectivity index (χ0) is 22.8. The van der Waals surface area contributed by atoms with Crippen molar-refractivity contribution < 1.29 is 27.9 Å². The molecule has 0 aliphatic heterocycles. The van der Waals surface area contributed by atoms with E-state index in [-0.39, 0.29) is 34.5 Å². The molecular weight excluding hydrogens is 442 g/mol. The number of rotatable bonds is 5. The highest BCUT2D eigenvalue weighted by Gasteiger charge is 2.32. The standard InChI is InChI=1S/C23H21ClF2N2O4/c24-17-10-13(2-6-18(17)25)27-22(30)16-4-7-19(26)21-15(16)5-8-20(21)28-23(31)32-11-12-1-3-14(29)9-12/h2,4,6-7,10,12,20H,1,3,5,8-9,11H2,(H,27,30)(H,28,31)/t12-,20+/m1/s1. The van der Waals surface area contributed by atoms with Gasteiger partial charge in [0.05, 0.1) is 17.7 Å². The van der Waals surface area contributed by atoms with Gasteiger partial charge in [-0.05, 0) is 55.2 Å². The average Bonchev–Trinajstić information content (AvgIpc) is 3.36. The zero-order valence-electron chi connectivity index (χ0n) is 17.1. The number of amides is 2. The lowest BCUT2D eigenvalue weighted by atomic mass is 10.0. The Morgan fingerprint density at radius 2 is 1.88 bits per heavy atom. The minimum Gasteiger partial charge on any atom is -0.449 e. The van der Waals surface area contributed by atoms with Gasteiger partial charge in [0.2, 0.25) is 0 Å². The highest BCUT2D eigenvalue weighted by Crippen LogP contribution is 2.36. The highest BCUT2D eigenvalue weighted by atomic mass is 35.5. The number of anilines is 1. The lowest BCUT2D eigenvalue weighted by molar-refractivity contribution is -0.117. The van der Waals surface area contributed by atoms with E-state index in [2.05, 4.69) is 10.6 Å². The molecule has 0 unspecified atom stereocenters. The van der Waals surface area contributed by atoms with Crippen molar-refractivity contribution in [3.8, 4) is 0 Å². The van der Waals surface area contributed by atoms with Crippen molar-refractivity contribution in [2.45, 2.75) is 38.1 Å². The van der Waals surface area contributed by atoms with Gasteiger partial charge in [-0.3, -0.25) is 9.59 Å². The summed E-state index contributed by atoms with van der Waals surface area (Å²) < 4.78 is 33.2.